The summed E-state index contributed by atoms with van der Waals surface area (Å²) < 4.78 is 5.66. The average Bonchev–Trinajstić information content (AvgIpc) is 3.27. The van der Waals surface area contributed by atoms with Crippen molar-refractivity contribution in [2.24, 2.45) is 4.99 Å². The van der Waals surface area contributed by atoms with Gasteiger partial charge in [0.05, 0.1) is 12.2 Å². The first kappa shape index (κ1) is 17.7. The van der Waals surface area contributed by atoms with Crippen LogP contribution in [0.2, 0.25) is 0 Å². The molecular formula is C21H21N3O2S. The number of hydrogen-bond donors (Lipinski definition) is 1. The summed E-state index contributed by atoms with van der Waals surface area (Å²) in [5.74, 6) is 0.572. The number of benzene rings is 2. The highest BCUT2D eigenvalue weighted by molar-refractivity contribution is 8.16. The molecule has 0 atom stereocenters. The highest BCUT2D eigenvalue weighted by atomic mass is 32.2. The van der Waals surface area contributed by atoms with Gasteiger partial charge in [-0.05, 0) is 48.7 Å². The molecule has 27 heavy (non-hydrogen) atoms. The molecule has 2 aromatic carbocycles. The third-order valence-electron chi connectivity index (χ3n) is 4.54. The fourth-order valence-corrected chi connectivity index (χ4v) is 4.04. The lowest BCUT2D eigenvalue weighted by Gasteiger charge is -2.17. The molecule has 2 aliphatic heterocycles. The van der Waals surface area contributed by atoms with E-state index in [0.717, 1.165) is 46.4 Å². The lowest BCUT2D eigenvalue weighted by molar-refractivity contribution is -0.118. The number of anilines is 1. The molecule has 0 fully saturated rings. The van der Waals surface area contributed by atoms with Gasteiger partial charge in [-0.2, -0.15) is 0 Å². The summed E-state index contributed by atoms with van der Waals surface area (Å²) in [6.07, 6.45) is 0. The third-order valence-corrected chi connectivity index (χ3v) is 5.44. The Morgan fingerprint density at radius 2 is 2.04 bits per heavy atom. The maximum Gasteiger partial charge on any atom is 0.262 e. The van der Waals surface area contributed by atoms with Crippen LogP contribution < -0.4 is 10.1 Å². The largest absolute Gasteiger partial charge is 0.483 e. The number of fused-ring (bicyclic) bond motifs is 1. The molecule has 0 aromatic heterocycles. The molecule has 6 heteroatoms. The lowest BCUT2D eigenvalue weighted by atomic mass is 10.1. The predicted octanol–water partition coefficient (Wildman–Crippen LogP) is 4.04. The van der Waals surface area contributed by atoms with Crippen molar-refractivity contribution in [2.45, 2.75) is 13.8 Å². The quantitative estimate of drug-likeness (QED) is 0.852. The van der Waals surface area contributed by atoms with Crippen LogP contribution in [-0.2, 0) is 4.79 Å². The van der Waals surface area contributed by atoms with E-state index in [-0.39, 0.29) is 12.5 Å². The first-order chi connectivity index (χ1) is 13.1. The van der Waals surface area contributed by atoms with Crippen LogP contribution in [0.4, 0.5) is 5.69 Å². The fourth-order valence-electron chi connectivity index (χ4n) is 3.07. The molecular weight excluding hydrogens is 358 g/mol. The molecule has 0 aliphatic carbocycles. The number of hydrogen-bond acceptors (Lipinski definition) is 5. The molecule has 0 saturated heterocycles. The van der Waals surface area contributed by atoms with Gasteiger partial charge >= 0.3 is 0 Å². The fraction of sp³-hybridized carbons (Fsp3) is 0.238. The molecule has 0 bridgehead atoms. The number of aryl methyl sites for hydroxylation is 2. The second kappa shape index (κ2) is 7.48. The maximum absolute atomic E-state index is 12.2. The van der Waals surface area contributed by atoms with Crippen molar-refractivity contribution in [3.8, 4) is 5.75 Å². The Bertz CT molecular complexity index is 935. The molecule has 2 heterocycles. The average molecular weight is 379 g/mol. The van der Waals surface area contributed by atoms with Gasteiger partial charge in [0.15, 0.2) is 11.8 Å². The van der Waals surface area contributed by atoms with Gasteiger partial charge in [0.1, 0.15) is 5.75 Å². The van der Waals surface area contributed by atoms with Crippen LogP contribution in [0.5, 0.6) is 5.75 Å². The van der Waals surface area contributed by atoms with Crippen LogP contribution in [0.3, 0.4) is 0 Å². The van der Waals surface area contributed by atoms with Crippen LogP contribution in [0.1, 0.15) is 16.7 Å². The Kier molecular flexibility index (Phi) is 4.90. The molecule has 0 unspecified atom stereocenters. The lowest BCUT2D eigenvalue weighted by Crippen LogP contribution is -2.21. The van der Waals surface area contributed by atoms with Crippen LogP contribution in [0, 0.1) is 13.8 Å². The van der Waals surface area contributed by atoms with Crippen LogP contribution in [0.25, 0.3) is 5.70 Å². The number of ether oxygens (including phenoxy) is 1. The number of thioether (sulfide) groups is 1. The van der Waals surface area contributed by atoms with Crippen molar-refractivity contribution >= 4 is 34.2 Å². The number of rotatable bonds is 5. The van der Waals surface area contributed by atoms with Crippen LogP contribution in [0.15, 0.2) is 52.9 Å². The van der Waals surface area contributed by atoms with Crippen molar-refractivity contribution in [1.82, 2.24) is 4.90 Å². The van der Waals surface area contributed by atoms with E-state index >= 15 is 0 Å². The summed E-state index contributed by atoms with van der Waals surface area (Å²) >= 11 is 1.66. The van der Waals surface area contributed by atoms with Gasteiger partial charge in [0, 0.05) is 17.6 Å². The summed E-state index contributed by atoms with van der Waals surface area (Å²) in [7, 11) is 0. The smallest absolute Gasteiger partial charge is 0.262 e. The van der Waals surface area contributed by atoms with Gasteiger partial charge < -0.3 is 15.0 Å². The van der Waals surface area contributed by atoms with E-state index in [9.17, 15) is 4.79 Å². The SMILES string of the molecule is Cc1ccc(C)c(OCC(=O)Nc2ccc(C3=CSC4=NCCN34)cc2)c1. The minimum atomic E-state index is -0.173. The van der Waals surface area contributed by atoms with Gasteiger partial charge in [0.25, 0.3) is 5.91 Å². The minimum absolute atomic E-state index is 0.0125. The third kappa shape index (κ3) is 3.85. The van der Waals surface area contributed by atoms with E-state index in [4.69, 9.17) is 4.74 Å². The molecule has 1 amide bonds. The second-order valence-electron chi connectivity index (χ2n) is 6.62. The number of amidine groups is 1. The molecule has 2 aromatic rings. The molecule has 1 N–H and O–H groups in total. The Labute approximate surface area is 163 Å². The van der Waals surface area contributed by atoms with Crippen molar-refractivity contribution < 1.29 is 9.53 Å². The summed E-state index contributed by atoms with van der Waals surface area (Å²) in [5, 5.41) is 6.09. The molecule has 138 valence electrons. The van der Waals surface area contributed by atoms with Gasteiger partial charge in [-0.3, -0.25) is 9.79 Å². The highest BCUT2D eigenvalue weighted by Gasteiger charge is 2.26. The van der Waals surface area contributed by atoms with E-state index in [2.05, 4.69) is 20.6 Å². The monoisotopic (exact) mass is 379 g/mol. The van der Waals surface area contributed by atoms with E-state index in [1.807, 2.05) is 56.3 Å². The van der Waals surface area contributed by atoms with Crippen molar-refractivity contribution in [2.75, 3.05) is 25.0 Å². The Balaban J connectivity index is 1.35. The van der Waals surface area contributed by atoms with Crippen LogP contribution in [-0.4, -0.2) is 35.7 Å². The second-order valence-corrected chi connectivity index (χ2v) is 7.46. The van der Waals surface area contributed by atoms with Gasteiger partial charge in [-0.25, -0.2) is 0 Å². The van der Waals surface area contributed by atoms with Crippen molar-refractivity contribution in [3.05, 3.63) is 64.6 Å². The Morgan fingerprint density at radius 1 is 1.22 bits per heavy atom. The first-order valence-corrected chi connectivity index (χ1v) is 9.77. The molecule has 5 nitrogen and oxygen atoms in total. The molecule has 0 spiro atoms. The molecule has 0 radical (unpaired) electrons. The number of carbonyl (C=O) groups is 1. The first-order valence-electron chi connectivity index (χ1n) is 8.89. The van der Waals surface area contributed by atoms with Crippen molar-refractivity contribution in [1.29, 1.82) is 0 Å². The minimum Gasteiger partial charge on any atom is -0.483 e. The summed E-state index contributed by atoms with van der Waals surface area (Å²) in [6.45, 7) is 5.75. The predicted molar refractivity (Wildman–Crippen MR) is 111 cm³/mol. The highest BCUT2D eigenvalue weighted by Crippen LogP contribution is 2.35. The van der Waals surface area contributed by atoms with Crippen molar-refractivity contribution in [3.63, 3.8) is 0 Å². The number of carbonyl (C=O) groups excluding carboxylic acids is 1. The maximum atomic E-state index is 12.2. The molecule has 2 aliphatic rings. The molecule has 4 rings (SSSR count). The van der Waals surface area contributed by atoms with Gasteiger partial charge in [-0.1, -0.05) is 36.0 Å². The zero-order valence-electron chi connectivity index (χ0n) is 15.4. The summed E-state index contributed by atoms with van der Waals surface area (Å²) in [4.78, 5) is 18.9. The number of nitrogens with zero attached hydrogens (tertiary/aromatic N) is 2. The van der Waals surface area contributed by atoms with Gasteiger partial charge in [0.2, 0.25) is 0 Å². The van der Waals surface area contributed by atoms with E-state index < -0.39 is 0 Å². The van der Waals surface area contributed by atoms with E-state index in [1.54, 1.807) is 11.8 Å². The zero-order valence-corrected chi connectivity index (χ0v) is 16.2. The molecule has 0 saturated carbocycles. The Hall–Kier alpha value is -2.73. The van der Waals surface area contributed by atoms with Gasteiger partial charge in [-0.15, -0.1) is 0 Å². The van der Waals surface area contributed by atoms with E-state index in [0.29, 0.717) is 0 Å². The van der Waals surface area contributed by atoms with E-state index in [1.165, 1.54) is 5.70 Å². The summed E-state index contributed by atoms with van der Waals surface area (Å²) in [6, 6.07) is 13.8. The standard InChI is InChI=1S/C21H21N3O2S/c1-14-3-4-15(2)19(11-14)26-12-20(25)23-17-7-5-16(6-8-17)18-13-27-21-22-9-10-24(18)21/h3-8,11,13H,9-10,12H2,1-2H3,(H,23,25). The summed E-state index contributed by atoms with van der Waals surface area (Å²) in [5.41, 5.74) is 5.18. The normalized spacial score (nSPS) is 15.3. The topological polar surface area (TPSA) is 53.9 Å². The Morgan fingerprint density at radius 3 is 2.85 bits per heavy atom. The number of amides is 1. The van der Waals surface area contributed by atoms with Crippen LogP contribution >= 0.6 is 11.8 Å². The number of nitrogens with one attached hydrogen (secondary N) is 1. The zero-order chi connectivity index (χ0) is 18.8. The number of aliphatic imine (C=N–C) groups is 1.